The zero-order valence-electron chi connectivity index (χ0n) is 15.4. The van der Waals surface area contributed by atoms with Crippen molar-refractivity contribution in [2.45, 2.75) is 23.8 Å². The summed E-state index contributed by atoms with van der Waals surface area (Å²) in [6, 6.07) is 6.08. The van der Waals surface area contributed by atoms with E-state index < -0.39 is 10.0 Å². The van der Waals surface area contributed by atoms with Crippen LogP contribution in [0.4, 0.5) is 4.39 Å². The molecule has 0 amide bonds. The molecule has 1 unspecified atom stereocenters. The van der Waals surface area contributed by atoms with Gasteiger partial charge in [-0.1, -0.05) is 0 Å². The van der Waals surface area contributed by atoms with Crippen molar-refractivity contribution in [1.29, 1.82) is 0 Å². The first-order valence-corrected chi connectivity index (χ1v) is 10.4. The quantitative estimate of drug-likeness (QED) is 0.671. The summed E-state index contributed by atoms with van der Waals surface area (Å²) in [4.78, 5) is 12.9. The molecule has 1 fully saturated rings. The topological polar surface area (TPSA) is 81.0 Å². The van der Waals surface area contributed by atoms with E-state index in [1.165, 1.54) is 29.0 Å². The van der Waals surface area contributed by atoms with Crippen molar-refractivity contribution >= 4 is 10.0 Å². The van der Waals surface area contributed by atoms with E-state index in [-0.39, 0.29) is 16.8 Å². The first-order chi connectivity index (χ1) is 13.4. The van der Waals surface area contributed by atoms with E-state index in [0.717, 1.165) is 24.1 Å². The Kier molecular flexibility index (Phi) is 4.94. The van der Waals surface area contributed by atoms with Crippen LogP contribution in [0, 0.1) is 5.82 Å². The molecule has 2 aromatic heterocycles. The summed E-state index contributed by atoms with van der Waals surface area (Å²) in [5, 5.41) is 0.0496. The van der Waals surface area contributed by atoms with E-state index >= 15 is 0 Å². The molecule has 1 aromatic carbocycles. The van der Waals surface area contributed by atoms with E-state index in [4.69, 9.17) is 0 Å². The molecule has 0 N–H and O–H groups in total. The number of nitrogens with zero attached hydrogens (tertiary/aromatic N) is 5. The standard InChI is InChI=1S/C19H20FN5O2S/c1-24-12-17(23-13-24)28(26,27)25-10-2-3-15(11-25)19-18(21-8-9-22-19)14-4-6-16(20)7-5-14/h4-9,12-13,15H,2-3,10-11H2,1H3. The summed E-state index contributed by atoms with van der Waals surface area (Å²) < 4.78 is 42.2. The summed E-state index contributed by atoms with van der Waals surface area (Å²) >= 11 is 0. The number of halogens is 1. The lowest BCUT2D eigenvalue weighted by atomic mass is 9.92. The van der Waals surface area contributed by atoms with Gasteiger partial charge in [-0.05, 0) is 37.1 Å². The molecule has 4 rings (SSSR count). The molecule has 0 spiro atoms. The lowest BCUT2D eigenvalue weighted by Crippen LogP contribution is -2.39. The van der Waals surface area contributed by atoms with Gasteiger partial charge in [0.15, 0.2) is 5.03 Å². The highest BCUT2D eigenvalue weighted by Crippen LogP contribution is 2.33. The van der Waals surface area contributed by atoms with Gasteiger partial charge in [-0.25, -0.2) is 17.8 Å². The fourth-order valence-electron chi connectivity index (χ4n) is 3.52. The zero-order chi connectivity index (χ0) is 19.7. The van der Waals surface area contributed by atoms with E-state index in [1.807, 2.05) is 0 Å². The third-order valence-electron chi connectivity index (χ3n) is 4.90. The Balaban J connectivity index is 1.65. The minimum Gasteiger partial charge on any atom is -0.339 e. The molecule has 146 valence electrons. The predicted molar refractivity (Wildman–Crippen MR) is 101 cm³/mol. The smallest absolute Gasteiger partial charge is 0.262 e. The van der Waals surface area contributed by atoms with Crippen molar-refractivity contribution in [2.24, 2.45) is 7.05 Å². The van der Waals surface area contributed by atoms with Crippen molar-refractivity contribution in [1.82, 2.24) is 23.8 Å². The Hall–Kier alpha value is -2.65. The van der Waals surface area contributed by atoms with E-state index in [2.05, 4.69) is 15.0 Å². The molecule has 1 saturated heterocycles. The van der Waals surface area contributed by atoms with Crippen LogP contribution in [0.2, 0.25) is 0 Å². The normalized spacial score (nSPS) is 18.3. The molecule has 1 atom stereocenters. The fraction of sp³-hybridized carbons (Fsp3) is 0.316. The van der Waals surface area contributed by atoms with Crippen molar-refractivity contribution in [3.63, 3.8) is 0 Å². The van der Waals surface area contributed by atoms with E-state index in [1.54, 1.807) is 36.1 Å². The summed E-state index contributed by atoms with van der Waals surface area (Å²) in [7, 11) is -1.93. The summed E-state index contributed by atoms with van der Waals surface area (Å²) in [6.45, 7) is 0.757. The minimum absolute atomic E-state index is 0.0496. The Morgan fingerprint density at radius 1 is 1.11 bits per heavy atom. The Labute approximate surface area is 162 Å². The van der Waals surface area contributed by atoms with Crippen LogP contribution < -0.4 is 0 Å². The lowest BCUT2D eigenvalue weighted by molar-refractivity contribution is 0.312. The van der Waals surface area contributed by atoms with Crippen LogP contribution >= 0.6 is 0 Å². The van der Waals surface area contributed by atoms with Gasteiger partial charge in [0.1, 0.15) is 5.82 Å². The van der Waals surface area contributed by atoms with Gasteiger partial charge in [-0.2, -0.15) is 4.31 Å². The van der Waals surface area contributed by atoms with Crippen LogP contribution in [-0.4, -0.2) is 45.3 Å². The van der Waals surface area contributed by atoms with Crippen LogP contribution in [0.15, 0.2) is 54.2 Å². The second-order valence-electron chi connectivity index (χ2n) is 6.88. The van der Waals surface area contributed by atoms with Crippen molar-refractivity contribution in [3.8, 4) is 11.3 Å². The summed E-state index contributed by atoms with van der Waals surface area (Å²) in [5.41, 5.74) is 2.15. The first kappa shape index (κ1) is 18.7. The molecule has 7 nitrogen and oxygen atoms in total. The van der Waals surface area contributed by atoms with Gasteiger partial charge in [0.05, 0.1) is 17.7 Å². The number of benzene rings is 1. The third kappa shape index (κ3) is 3.55. The van der Waals surface area contributed by atoms with Gasteiger partial charge in [0.2, 0.25) is 0 Å². The molecule has 0 radical (unpaired) electrons. The van der Waals surface area contributed by atoms with Gasteiger partial charge in [-0.15, -0.1) is 0 Å². The first-order valence-electron chi connectivity index (χ1n) is 9.00. The molecule has 0 aliphatic carbocycles. The number of imidazole rings is 1. The van der Waals surface area contributed by atoms with Gasteiger partial charge in [0.25, 0.3) is 10.0 Å². The molecule has 3 aromatic rings. The maximum absolute atomic E-state index is 13.3. The molecule has 0 bridgehead atoms. The van der Waals surface area contributed by atoms with Crippen LogP contribution in [0.3, 0.4) is 0 Å². The largest absolute Gasteiger partial charge is 0.339 e. The van der Waals surface area contributed by atoms with Crippen molar-refractivity contribution < 1.29 is 12.8 Å². The Morgan fingerprint density at radius 2 is 1.86 bits per heavy atom. The number of sulfonamides is 1. The number of hydrogen-bond acceptors (Lipinski definition) is 5. The van der Waals surface area contributed by atoms with Crippen molar-refractivity contribution in [3.05, 3.63) is 60.7 Å². The number of aryl methyl sites for hydroxylation is 1. The molecular weight excluding hydrogens is 381 g/mol. The number of hydrogen-bond donors (Lipinski definition) is 0. The molecule has 28 heavy (non-hydrogen) atoms. The SMILES string of the molecule is Cn1cnc(S(=O)(=O)N2CCCC(c3nccnc3-c3ccc(F)cc3)C2)c1. The average Bonchev–Trinajstić information content (AvgIpc) is 3.16. The van der Waals surface area contributed by atoms with Crippen LogP contribution in [0.5, 0.6) is 0 Å². The minimum atomic E-state index is -3.66. The number of piperidine rings is 1. The molecular formula is C19H20FN5O2S. The fourth-order valence-corrected chi connectivity index (χ4v) is 5.01. The average molecular weight is 401 g/mol. The predicted octanol–water partition coefficient (Wildman–Crippen LogP) is 2.58. The van der Waals surface area contributed by atoms with Crippen LogP contribution in [0.1, 0.15) is 24.5 Å². The van der Waals surface area contributed by atoms with Gasteiger partial charge in [0, 0.05) is 50.2 Å². The van der Waals surface area contributed by atoms with Gasteiger partial charge >= 0.3 is 0 Å². The molecule has 1 aliphatic heterocycles. The van der Waals surface area contributed by atoms with E-state index in [0.29, 0.717) is 18.8 Å². The van der Waals surface area contributed by atoms with Gasteiger partial charge in [-0.3, -0.25) is 9.97 Å². The monoisotopic (exact) mass is 401 g/mol. The van der Waals surface area contributed by atoms with Crippen LogP contribution in [-0.2, 0) is 17.1 Å². The van der Waals surface area contributed by atoms with Gasteiger partial charge < -0.3 is 4.57 Å². The number of aromatic nitrogens is 4. The lowest BCUT2D eigenvalue weighted by Gasteiger charge is -2.31. The van der Waals surface area contributed by atoms with Crippen LogP contribution in [0.25, 0.3) is 11.3 Å². The van der Waals surface area contributed by atoms with Crippen molar-refractivity contribution in [2.75, 3.05) is 13.1 Å². The summed E-state index contributed by atoms with van der Waals surface area (Å²) in [6.07, 6.45) is 7.70. The Bertz CT molecular complexity index is 1080. The highest BCUT2D eigenvalue weighted by molar-refractivity contribution is 7.89. The highest BCUT2D eigenvalue weighted by atomic mass is 32.2. The molecule has 3 heterocycles. The Morgan fingerprint density at radius 3 is 2.57 bits per heavy atom. The molecule has 1 aliphatic rings. The maximum Gasteiger partial charge on any atom is 0.262 e. The zero-order valence-corrected chi connectivity index (χ0v) is 16.2. The van der Waals surface area contributed by atoms with E-state index in [9.17, 15) is 12.8 Å². The molecule has 9 heteroatoms. The second-order valence-corrected chi connectivity index (χ2v) is 8.76. The maximum atomic E-state index is 13.3. The second kappa shape index (κ2) is 7.40. The highest BCUT2D eigenvalue weighted by Gasteiger charge is 2.33. The summed E-state index contributed by atoms with van der Waals surface area (Å²) in [5.74, 6) is -0.416. The third-order valence-corrected chi connectivity index (χ3v) is 6.65. The number of rotatable bonds is 4. The molecule has 0 saturated carbocycles.